The first-order valence-corrected chi connectivity index (χ1v) is 8.51. The Morgan fingerprint density at radius 3 is 1.56 bits per heavy atom. The third-order valence-electron chi connectivity index (χ3n) is 4.23. The minimum Gasteiger partial charge on any atom is -0.497 e. The number of nitrogens with two attached hydrogens (primary N) is 1. The molecule has 0 spiro atoms. The lowest BCUT2D eigenvalue weighted by Crippen LogP contribution is -1.97. The summed E-state index contributed by atoms with van der Waals surface area (Å²) >= 11 is 0. The Morgan fingerprint density at radius 2 is 1.19 bits per heavy atom. The quantitative estimate of drug-likeness (QED) is 0.531. The summed E-state index contributed by atoms with van der Waals surface area (Å²) in [6.45, 7) is 3.90. The van der Waals surface area contributed by atoms with Crippen molar-refractivity contribution in [1.82, 2.24) is 0 Å². The van der Waals surface area contributed by atoms with E-state index in [9.17, 15) is 9.59 Å². The van der Waals surface area contributed by atoms with Gasteiger partial charge in [-0.2, -0.15) is 0 Å². The summed E-state index contributed by atoms with van der Waals surface area (Å²) in [5, 5.41) is 0. The predicted octanol–water partition coefficient (Wildman–Crippen LogP) is 4.87. The van der Waals surface area contributed by atoms with E-state index in [2.05, 4.69) is 0 Å². The summed E-state index contributed by atoms with van der Waals surface area (Å²) in [4.78, 5) is 22.4. The Morgan fingerprint density at radius 1 is 0.741 bits per heavy atom. The molecule has 0 fully saturated rings. The molecule has 138 valence electrons. The fraction of sp³-hybridized carbons (Fsp3) is 0.130. The fourth-order valence-electron chi connectivity index (χ4n) is 2.86. The molecule has 0 bridgehead atoms. The summed E-state index contributed by atoms with van der Waals surface area (Å²) in [6, 6.07) is 18.4. The monoisotopic (exact) mass is 361 g/mol. The first-order chi connectivity index (χ1) is 13.0. The number of aldehydes is 2. The van der Waals surface area contributed by atoms with Crippen LogP contribution in [0.25, 0.3) is 11.1 Å². The van der Waals surface area contributed by atoms with Crippen molar-refractivity contribution in [3.05, 3.63) is 82.9 Å². The SMILES string of the molecule is COc1ccc(N)cc1.Cc1cccc(C=O)c1-c1c(C)cccc1C=O. The fourth-order valence-corrected chi connectivity index (χ4v) is 2.86. The third-order valence-corrected chi connectivity index (χ3v) is 4.23. The van der Waals surface area contributed by atoms with E-state index in [0.29, 0.717) is 11.1 Å². The maximum atomic E-state index is 11.2. The number of rotatable bonds is 4. The van der Waals surface area contributed by atoms with Crippen LogP contribution >= 0.6 is 0 Å². The van der Waals surface area contributed by atoms with Gasteiger partial charge in [0, 0.05) is 16.8 Å². The number of carbonyl (C=O) groups excluding carboxylic acids is 2. The lowest BCUT2D eigenvalue weighted by Gasteiger charge is -2.14. The van der Waals surface area contributed by atoms with Crippen LogP contribution in [0, 0.1) is 13.8 Å². The average molecular weight is 361 g/mol. The smallest absolute Gasteiger partial charge is 0.150 e. The highest BCUT2D eigenvalue weighted by molar-refractivity contribution is 5.96. The van der Waals surface area contributed by atoms with Gasteiger partial charge in [0.2, 0.25) is 0 Å². The highest BCUT2D eigenvalue weighted by Gasteiger charge is 2.13. The van der Waals surface area contributed by atoms with E-state index >= 15 is 0 Å². The van der Waals surface area contributed by atoms with Gasteiger partial charge in [0.1, 0.15) is 5.75 Å². The lowest BCUT2D eigenvalue weighted by molar-refractivity contribution is 0.111. The molecule has 0 aliphatic carbocycles. The molecule has 0 amide bonds. The second-order valence-electron chi connectivity index (χ2n) is 6.09. The molecular weight excluding hydrogens is 338 g/mol. The molecule has 4 nitrogen and oxygen atoms in total. The van der Waals surface area contributed by atoms with Crippen LogP contribution in [0.1, 0.15) is 31.8 Å². The van der Waals surface area contributed by atoms with Crippen LogP contribution in [0.2, 0.25) is 0 Å². The predicted molar refractivity (Wildman–Crippen MR) is 110 cm³/mol. The lowest BCUT2D eigenvalue weighted by atomic mass is 9.89. The van der Waals surface area contributed by atoms with E-state index in [1.807, 2.05) is 50.2 Å². The zero-order chi connectivity index (χ0) is 19.8. The van der Waals surface area contributed by atoms with Crippen LogP contribution in [-0.4, -0.2) is 19.7 Å². The molecule has 3 rings (SSSR count). The Labute approximate surface area is 159 Å². The Hall–Kier alpha value is -3.40. The van der Waals surface area contributed by atoms with Gasteiger partial charge in [0.05, 0.1) is 7.11 Å². The van der Waals surface area contributed by atoms with E-state index in [0.717, 1.165) is 46.3 Å². The molecule has 0 aliphatic rings. The average Bonchev–Trinajstić information content (AvgIpc) is 2.69. The van der Waals surface area contributed by atoms with Gasteiger partial charge < -0.3 is 10.5 Å². The molecule has 0 heterocycles. The molecule has 0 radical (unpaired) electrons. The van der Waals surface area contributed by atoms with Crippen LogP contribution in [-0.2, 0) is 0 Å². The molecular formula is C23H23NO3. The number of hydrogen-bond acceptors (Lipinski definition) is 4. The summed E-state index contributed by atoms with van der Waals surface area (Å²) in [6.07, 6.45) is 1.67. The number of hydrogen-bond donors (Lipinski definition) is 1. The van der Waals surface area contributed by atoms with Gasteiger partial charge in [-0.15, -0.1) is 0 Å². The normalized spacial score (nSPS) is 9.74. The van der Waals surface area contributed by atoms with Crippen molar-refractivity contribution >= 4 is 18.3 Å². The molecule has 0 atom stereocenters. The Bertz CT molecular complexity index is 875. The van der Waals surface area contributed by atoms with Crippen molar-refractivity contribution in [2.24, 2.45) is 0 Å². The first-order valence-electron chi connectivity index (χ1n) is 8.51. The van der Waals surface area contributed by atoms with Crippen molar-refractivity contribution in [3.8, 4) is 16.9 Å². The van der Waals surface area contributed by atoms with E-state index in [-0.39, 0.29) is 0 Å². The van der Waals surface area contributed by atoms with Crippen molar-refractivity contribution in [2.45, 2.75) is 13.8 Å². The minimum atomic E-state index is 0.618. The zero-order valence-electron chi connectivity index (χ0n) is 15.7. The Balaban J connectivity index is 0.000000244. The summed E-state index contributed by atoms with van der Waals surface area (Å²) in [7, 11) is 1.63. The Kier molecular flexibility index (Phi) is 6.89. The maximum Gasteiger partial charge on any atom is 0.150 e. The van der Waals surface area contributed by atoms with Crippen LogP contribution in [0.3, 0.4) is 0 Å². The summed E-state index contributed by atoms with van der Waals surface area (Å²) in [5.74, 6) is 0.837. The van der Waals surface area contributed by atoms with Crippen LogP contribution in [0.15, 0.2) is 60.7 Å². The topological polar surface area (TPSA) is 69.4 Å². The second-order valence-corrected chi connectivity index (χ2v) is 6.09. The molecule has 0 unspecified atom stereocenters. The molecule has 0 saturated heterocycles. The van der Waals surface area contributed by atoms with Crippen LogP contribution < -0.4 is 10.5 Å². The van der Waals surface area contributed by atoms with E-state index in [1.54, 1.807) is 31.4 Å². The molecule has 3 aromatic rings. The molecule has 3 aromatic carbocycles. The minimum absolute atomic E-state index is 0.618. The number of ether oxygens (including phenoxy) is 1. The van der Waals surface area contributed by atoms with Gasteiger partial charge in [-0.1, -0.05) is 36.4 Å². The highest BCUT2D eigenvalue weighted by atomic mass is 16.5. The maximum absolute atomic E-state index is 11.2. The number of nitrogen functional groups attached to an aromatic ring is 1. The number of methoxy groups -OCH3 is 1. The van der Waals surface area contributed by atoms with E-state index in [1.165, 1.54) is 0 Å². The van der Waals surface area contributed by atoms with E-state index in [4.69, 9.17) is 10.5 Å². The van der Waals surface area contributed by atoms with Crippen LogP contribution in [0.4, 0.5) is 5.69 Å². The van der Waals surface area contributed by atoms with Gasteiger partial charge in [0.25, 0.3) is 0 Å². The summed E-state index contributed by atoms with van der Waals surface area (Å²) in [5.41, 5.74) is 11.1. The van der Waals surface area contributed by atoms with Gasteiger partial charge in [-0.3, -0.25) is 9.59 Å². The van der Waals surface area contributed by atoms with E-state index < -0.39 is 0 Å². The second kappa shape index (κ2) is 9.34. The van der Waals surface area contributed by atoms with Crippen molar-refractivity contribution in [2.75, 3.05) is 12.8 Å². The van der Waals surface area contributed by atoms with Gasteiger partial charge in [-0.25, -0.2) is 0 Å². The molecule has 0 saturated carbocycles. The number of benzene rings is 3. The standard InChI is InChI=1S/C16H14O2.C7H9NO/c1-11-5-3-7-13(9-17)15(11)16-12(2)6-4-8-14(16)10-18;1-9-7-4-2-6(8)3-5-7/h3-10H,1-2H3;2-5H,8H2,1H3. The summed E-state index contributed by atoms with van der Waals surface area (Å²) < 4.78 is 4.91. The largest absolute Gasteiger partial charge is 0.497 e. The molecule has 0 aliphatic heterocycles. The number of carbonyl (C=O) groups is 2. The van der Waals surface area contributed by atoms with Gasteiger partial charge in [-0.05, 0) is 60.4 Å². The van der Waals surface area contributed by atoms with Crippen molar-refractivity contribution in [1.29, 1.82) is 0 Å². The molecule has 27 heavy (non-hydrogen) atoms. The third kappa shape index (κ3) is 4.82. The van der Waals surface area contributed by atoms with Gasteiger partial charge in [0.15, 0.2) is 12.6 Å². The van der Waals surface area contributed by atoms with Crippen LogP contribution in [0.5, 0.6) is 5.75 Å². The van der Waals surface area contributed by atoms with Gasteiger partial charge >= 0.3 is 0 Å². The number of aryl methyl sites for hydroxylation is 2. The molecule has 4 heteroatoms. The highest BCUT2D eigenvalue weighted by Crippen LogP contribution is 2.31. The first kappa shape index (κ1) is 19.9. The molecule has 0 aromatic heterocycles. The molecule has 2 N–H and O–H groups in total. The van der Waals surface area contributed by atoms with Crippen molar-refractivity contribution < 1.29 is 14.3 Å². The zero-order valence-corrected chi connectivity index (χ0v) is 15.7. The number of anilines is 1. The van der Waals surface area contributed by atoms with Crippen molar-refractivity contribution in [3.63, 3.8) is 0 Å².